The van der Waals surface area contributed by atoms with Crippen LogP contribution in [-0.4, -0.2) is 21.8 Å². The summed E-state index contributed by atoms with van der Waals surface area (Å²) in [6, 6.07) is 92.3. The molecule has 0 saturated heterocycles. The molecule has 300 valence electrons. The van der Waals surface area contributed by atoms with Crippen LogP contribution in [0.25, 0.3) is 82.5 Å². The molecule has 0 bridgehead atoms. The van der Waals surface area contributed by atoms with Crippen LogP contribution in [0.2, 0.25) is 0 Å². The van der Waals surface area contributed by atoms with Crippen molar-refractivity contribution in [2.24, 2.45) is 0 Å². The molecule has 3 aromatic heterocycles. The van der Waals surface area contributed by atoms with Gasteiger partial charge in [-0.3, -0.25) is 0 Å². The predicted molar refractivity (Wildman–Crippen MR) is 273 cm³/mol. The first kappa shape index (κ1) is 36.5. The van der Waals surface area contributed by atoms with Crippen LogP contribution in [0, 0.1) is 0 Å². The van der Waals surface area contributed by atoms with E-state index in [-0.39, 0.29) is 0 Å². The Morgan fingerprint density at radius 3 is 1.22 bits per heavy atom. The summed E-state index contributed by atoms with van der Waals surface area (Å²) >= 11 is 0. The molecule has 0 radical (unpaired) electrons. The molecular weight excluding hydrogens is 791 g/mol. The lowest BCUT2D eigenvalue weighted by Gasteiger charge is -2.34. The summed E-state index contributed by atoms with van der Waals surface area (Å²) in [6.45, 7) is 0. The number of hydrogen-bond donors (Lipinski definition) is 0. The zero-order chi connectivity index (χ0) is 42.2. The van der Waals surface area contributed by atoms with E-state index in [4.69, 9.17) is 0 Å². The van der Waals surface area contributed by atoms with Gasteiger partial charge in [-0.2, -0.15) is 0 Å². The number of para-hydroxylation sites is 5. The second-order valence-electron chi connectivity index (χ2n) is 16.8. The average molecular weight is 832 g/mol. The lowest BCUT2D eigenvalue weighted by Crippen LogP contribution is -2.74. The average Bonchev–Trinajstić information content (AvgIpc) is 4.01. The Morgan fingerprint density at radius 2 is 0.656 bits per heavy atom. The van der Waals surface area contributed by atoms with Crippen molar-refractivity contribution < 1.29 is 0 Å². The molecule has 0 aliphatic rings. The summed E-state index contributed by atoms with van der Waals surface area (Å²) < 4.78 is 7.47. The first-order chi connectivity index (χ1) is 31.8. The van der Waals surface area contributed by atoms with E-state index in [2.05, 4.69) is 262 Å². The Morgan fingerprint density at radius 1 is 0.234 bits per heavy atom. The van der Waals surface area contributed by atoms with Crippen molar-refractivity contribution >= 4 is 94.2 Å². The predicted octanol–water partition coefficient (Wildman–Crippen LogP) is 12.4. The van der Waals surface area contributed by atoms with Crippen LogP contribution in [-0.2, 0) is 0 Å². The topological polar surface area (TPSA) is 14.8 Å². The molecule has 13 aromatic rings. The van der Waals surface area contributed by atoms with E-state index in [1.807, 2.05) is 0 Å². The van der Waals surface area contributed by atoms with E-state index in [0.29, 0.717) is 0 Å². The van der Waals surface area contributed by atoms with Gasteiger partial charge in [0, 0.05) is 43.7 Å². The van der Waals surface area contributed by atoms with Gasteiger partial charge in [0.2, 0.25) is 0 Å². The van der Waals surface area contributed by atoms with Crippen molar-refractivity contribution in [2.75, 3.05) is 0 Å². The molecule has 0 unspecified atom stereocenters. The number of fused-ring (bicyclic) bond motifs is 9. The van der Waals surface area contributed by atoms with Crippen molar-refractivity contribution in [3.63, 3.8) is 0 Å². The number of benzene rings is 10. The highest BCUT2D eigenvalue weighted by Gasteiger charge is 2.41. The van der Waals surface area contributed by atoms with E-state index >= 15 is 0 Å². The fourth-order valence-electron chi connectivity index (χ4n) is 10.9. The van der Waals surface area contributed by atoms with E-state index in [0.717, 1.165) is 22.6 Å². The van der Waals surface area contributed by atoms with Gasteiger partial charge in [-0.05, 0) is 75.3 Å². The number of aromatic nitrogens is 3. The summed E-state index contributed by atoms with van der Waals surface area (Å²) in [7, 11) is -2.83. The van der Waals surface area contributed by atoms with Crippen molar-refractivity contribution in [3.05, 3.63) is 249 Å². The summed E-state index contributed by atoms with van der Waals surface area (Å²) in [5.41, 5.74) is 10.5. The highest BCUT2D eigenvalue weighted by molar-refractivity contribution is 7.20. The van der Waals surface area contributed by atoms with E-state index in [9.17, 15) is 0 Å². The van der Waals surface area contributed by atoms with Crippen molar-refractivity contribution in [2.45, 2.75) is 0 Å². The first-order valence-electron chi connectivity index (χ1n) is 22.1. The molecule has 0 aliphatic heterocycles. The number of nitrogens with zero attached hydrogens (tertiary/aromatic N) is 3. The van der Waals surface area contributed by atoms with Crippen LogP contribution in [0.4, 0.5) is 0 Å². The maximum Gasteiger partial charge on any atom is 0.179 e. The quantitative estimate of drug-likeness (QED) is 0.112. The standard InChI is InChI=1S/C60H41N3Si/c1-5-20-42(21-6-1)62-58-40-43(61-54-32-16-13-28-48(54)49-29-14-17-33-55(49)61)36-38-52(58)53-31-19-35-57(60(53)62)63-56-34-18-15-30-50(56)51-39-37-47(41-59(51)63)64(44-22-7-2-8-23-44,45-24-9-3-10-25-45)46-26-11-4-12-27-46/h1-41H. The summed E-state index contributed by atoms with van der Waals surface area (Å²) in [5.74, 6) is 0. The largest absolute Gasteiger partial charge is 0.309 e. The lowest BCUT2D eigenvalue weighted by atomic mass is 10.1. The molecule has 13 rings (SSSR count). The number of rotatable bonds is 7. The van der Waals surface area contributed by atoms with Crippen LogP contribution >= 0.6 is 0 Å². The van der Waals surface area contributed by atoms with Gasteiger partial charge >= 0.3 is 0 Å². The van der Waals surface area contributed by atoms with E-state index in [1.54, 1.807) is 0 Å². The second-order valence-corrected chi connectivity index (χ2v) is 20.7. The van der Waals surface area contributed by atoms with Gasteiger partial charge in [0.05, 0.1) is 38.8 Å². The Balaban J connectivity index is 1.14. The third kappa shape index (κ3) is 5.27. The molecule has 3 heterocycles. The second kappa shape index (κ2) is 14.5. The highest BCUT2D eigenvalue weighted by Crippen LogP contribution is 2.41. The van der Waals surface area contributed by atoms with Gasteiger partial charge < -0.3 is 13.7 Å². The van der Waals surface area contributed by atoms with Crippen LogP contribution in [0.3, 0.4) is 0 Å². The van der Waals surface area contributed by atoms with Crippen molar-refractivity contribution in [1.82, 2.24) is 13.7 Å². The van der Waals surface area contributed by atoms with Gasteiger partial charge in [-0.1, -0.05) is 194 Å². The Bertz CT molecular complexity index is 3730. The Labute approximate surface area is 372 Å². The maximum atomic E-state index is 2.54. The molecule has 0 aliphatic carbocycles. The van der Waals surface area contributed by atoms with Gasteiger partial charge in [0.15, 0.2) is 8.07 Å². The van der Waals surface area contributed by atoms with E-state index < -0.39 is 8.07 Å². The van der Waals surface area contributed by atoms with Crippen molar-refractivity contribution in [1.29, 1.82) is 0 Å². The fourth-order valence-corrected chi connectivity index (χ4v) is 15.7. The molecule has 3 nitrogen and oxygen atoms in total. The van der Waals surface area contributed by atoms with Crippen LogP contribution in [0.15, 0.2) is 249 Å². The van der Waals surface area contributed by atoms with Crippen LogP contribution in [0.1, 0.15) is 0 Å². The minimum absolute atomic E-state index is 1.12. The van der Waals surface area contributed by atoms with Crippen LogP contribution in [0.5, 0.6) is 0 Å². The number of hydrogen-bond acceptors (Lipinski definition) is 0. The van der Waals surface area contributed by atoms with Crippen LogP contribution < -0.4 is 20.7 Å². The summed E-state index contributed by atoms with van der Waals surface area (Å²) in [6.07, 6.45) is 0. The SMILES string of the molecule is c1ccc(-n2c3cc(-n4c5ccccc5c5ccccc54)ccc3c3cccc(-n4c5ccccc5c5ccc([Si](c6ccccc6)(c6ccccc6)c6ccccc6)cc54)c32)cc1. The maximum absolute atomic E-state index is 2.83. The molecule has 0 atom stereocenters. The summed E-state index contributed by atoms with van der Waals surface area (Å²) in [5, 5.41) is 12.9. The van der Waals surface area contributed by atoms with E-state index in [1.165, 1.54) is 80.6 Å². The summed E-state index contributed by atoms with van der Waals surface area (Å²) in [4.78, 5) is 0. The van der Waals surface area contributed by atoms with Gasteiger partial charge in [-0.25, -0.2) is 0 Å². The molecule has 0 N–H and O–H groups in total. The zero-order valence-electron chi connectivity index (χ0n) is 35.0. The minimum Gasteiger partial charge on any atom is -0.309 e. The molecular formula is C60H41N3Si. The van der Waals surface area contributed by atoms with Gasteiger partial charge in [0.25, 0.3) is 0 Å². The smallest absolute Gasteiger partial charge is 0.179 e. The molecule has 0 spiro atoms. The zero-order valence-corrected chi connectivity index (χ0v) is 36.0. The normalized spacial score (nSPS) is 12.1. The third-order valence-electron chi connectivity index (χ3n) is 13.6. The lowest BCUT2D eigenvalue weighted by molar-refractivity contribution is 1.12. The molecule has 4 heteroatoms. The first-order valence-corrected chi connectivity index (χ1v) is 24.1. The highest BCUT2D eigenvalue weighted by atomic mass is 28.3. The Kier molecular flexibility index (Phi) is 8.23. The fraction of sp³-hybridized carbons (Fsp3) is 0. The van der Waals surface area contributed by atoms with Gasteiger partial charge in [0.1, 0.15) is 0 Å². The molecule has 10 aromatic carbocycles. The molecule has 64 heavy (non-hydrogen) atoms. The molecule has 0 saturated carbocycles. The monoisotopic (exact) mass is 831 g/mol. The molecule has 0 amide bonds. The Hall–Kier alpha value is -8.18. The van der Waals surface area contributed by atoms with Crippen molar-refractivity contribution in [3.8, 4) is 17.1 Å². The van der Waals surface area contributed by atoms with Gasteiger partial charge in [-0.15, -0.1) is 0 Å². The molecule has 0 fully saturated rings. The third-order valence-corrected chi connectivity index (χ3v) is 18.3. The minimum atomic E-state index is -2.83.